The first-order valence-corrected chi connectivity index (χ1v) is 7.74. The first-order valence-electron chi connectivity index (χ1n) is 7.74. The molecule has 10 heteroatoms. The Hall–Kier alpha value is -3.17. The van der Waals surface area contributed by atoms with Crippen LogP contribution in [0.25, 0.3) is 0 Å². The minimum atomic E-state index is -0.703. The molecule has 2 amide bonds. The third kappa shape index (κ3) is 3.52. The van der Waals surface area contributed by atoms with E-state index in [0.717, 1.165) is 11.9 Å². The summed E-state index contributed by atoms with van der Waals surface area (Å²) < 4.78 is 6.81. The molecule has 0 saturated carbocycles. The Labute approximate surface area is 142 Å². The van der Waals surface area contributed by atoms with E-state index in [1.54, 1.807) is 6.20 Å². The smallest absolute Gasteiger partial charge is 0.395 e. The van der Waals surface area contributed by atoms with E-state index in [0.29, 0.717) is 13.1 Å². The van der Waals surface area contributed by atoms with Gasteiger partial charge in [0.25, 0.3) is 5.91 Å². The highest BCUT2D eigenvalue weighted by Gasteiger charge is 2.37. The number of carbonyl (C=O) groups excluding carboxylic acids is 2. The molecule has 0 spiro atoms. The van der Waals surface area contributed by atoms with Crippen LogP contribution in [0.1, 0.15) is 16.4 Å². The van der Waals surface area contributed by atoms with Crippen molar-refractivity contribution < 1.29 is 18.9 Å². The number of hydrogen-bond acceptors (Lipinski definition) is 6. The quantitative estimate of drug-likeness (QED) is 0.602. The molecule has 1 aliphatic heterocycles. The predicted octanol–water partition coefficient (Wildman–Crippen LogP) is 0.581. The fourth-order valence-electron chi connectivity index (χ4n) is 2.59. The number of carbonyl (C=O) groups is 2. The van der Waals surface area contributed by atoms with Gasteiger partial charge < -0.3 is 19.2 Å². The second kappa shape index (κ2) is 6.75. The van der Waals surface area contributed by atoms with Gasteiger partial charge >= 0.3 is 5.88 Å². The number of aryl methyl sites for hydroxylation is 1. The van der Waals surface area contributed by atoms with Crippen molar-refractivity contribution in [2.75, 3.05) is 19.6 Å². The number of furan rings is 1. The standard InChI is InChI=1S/C15H17N5O5/c1-10-16-4-6-18(10)7-5-17-14(21)11-8-19(9-11)15(22)12-2-3-13(25-12)20(23)24/h2-4,6,11H,5,7-9H2,1H3,(H,17,21). The zero-order valence-electron chi connectivity index (χ0n) is 13.5. The second-order valence-electron chi connectivity index (χ2n) is 5.76. The number of imidazole rings is 1. The highest BCUT2D eigenvalue weighted by molar-refractivity contribution is 5.94. The molecule has 1 N–H and O–H groups in total. The molecule has 3 rings (SSSR count). The molecule has 0 unspecified atom stereocenters. The molecular formula is C15H17N5O5. The number of amides is 2. The summed E-state index contributed by atoms with van der Waals surface area (Å²) in [4.78, 5) is 39.5. The van der Waals surface area contributed by atoms with Gasteiger partial charge in [-0.2, -0.15) is 0 Å². The molecule has 1 saturated heterocycles. The van der Waals surface area contributed by atoms with Crippen LogP contribution in [0.15, 0.2) is 28.9 Å². The summed E-state index contributed by atoms with van der Waals surface area (Å²) in [5.41, 5.74) is 0. The largest absolute Gasteiger partial charge is 0.433 e. The van der Waals surface area contributed by atoms with Crippen LogP contribution in [0.4, 0.5) is 5.88 Å². The maximum atomic E-state index is 12.1. The molecule has 3 heterocycles. The third-order valence-electron chi connectivity index (χ3n) is 4.10. The summed E-state index contributed by atoms with van der Waals surface area (Å²) in [6.45, 7) is 3.52. The lowest BCUT2D eigenvalue weighted by molar-refractivity contribution is -0.402. The van der Waals surface area contributed by atoms with Gasteiger partial charge in [0.05, 0.1) is 12.0 Å². The van der Waals surface area contributed by atoms with E-state index >= 15 is 0 Å². The van der Waals surface area contributed by atoms with Crippen molar-refractivity contribution in [3.05, 3.63) is 46.2 Å². The summed E-state index contributed by atoms with van der Waals surface area (Å²) in [5.74, 6) is -0.549. The minimum Gasteiger partial charge on any atom is -0.395 e. The number of likely N-dealkylation sites (tertiary alicyclic amines) is 1. The lowest BCUT2D eigenvalue weighted by Gasteiger charge is -2.37. The fraction of sp³-hybridized carbons (Fsp3) is 0.400. The number of nitro groups is 1. The first kappa shape index (κ1) is 16.7. The van der Waals surface area contributed by atoms with E-state index in [-0.39, 0.29) is 30.7 Å². The van der Waals surface area contributed by atoms with Gasteiger partial charge in [0, 0.05) is 38.6 Å². The van der Waals surface area contributed by atoms with Gasteiger partial charge in [-0.25, -0.2) is 4.98 Å². The van der Waals surface area contributed by atoms with Crippen LogP contribution in [0, 0.1) is 23.0 Å². The van der Waals surface area contributed by atoms with Crippen molar-refractivity contribution in [3.63, 3.8) is 0 Å². The summed E-state index contributed by atoms with van der Waals surface area (Å²) in [6, 6.07) is 2.40. The Kier molecular flexibility index (Phi) is 4.50. The van der Waals surface area contributed by atoms with Crippen molar-refractivity contribution in [2.45, 2.75) is 13.5 Å². The van der Waals surface area contributed by atoms with Crippen molar-refractivity contribution in [2.24, 2.45) is 5.92 Å². The monoisotopic (exact) mass is 347 g/mol. The zero-order chi connectivity index (χ0) is 18.0. The molecule has 0 bridgehead atoms. The Morgan fingerprint density at radius 2 is 2.20 bits per heavy atom. The normalized spacial score (nSPS) is 14.2. The molecule has 0 radical (unpaired) electrons. The van der Waals surface area contributed by atoms with Crippen LogP contribution in [0.2, 0.25) is 0 Å². The van der Waals surface area contributed by atoms with E-state index in [2.05, 4.69) is 10.3 Å². The zero-order valence-corrected chi connectivity index (χ0v) is 13.5. The molecule has 2 aromatic heterocycles. The molecule has 10 nitrogen and oxygen atoms in total. The van der Waals surface area contributed by atoms with Gasteiger partial charge in [0.1, 0.15) is 10.7 Å². The number of hydrogen-bond donors (Lipinski definition) is 1. The van der Waals surface area contributed by atoms with Crippen LogP contribution < -0.4 is 5.32 Å². The number of aromatic nitrogens is 2. The Morgan fingerprint density at radius 1 is 1.44 bits per heavy atom. The maximum absolute atomic E-state index is 12.1. The van der Waals surface area contributed by atoms with E-state index in [1.807, 2.05) is 17.7 Å². The number of rotatable bonds is 6. The lowest BCUT2D eigenvalue weighted by Crippen LogP contribution is -2.55. The van der Waals surface area contributed by atoms with Gasteiger partial charge in [-0.15, -0.1) is 0 Å². The topological polar surface area (TPSA) is 124 Å². The number of nitrogens with zero attached hydrogens (tertiary/aromatic N) is 4. The molecule has 0 aromatic carbocycles. The third-order valence-corrected chi connectivity index (χ3v) is 4.10. The highest BCUT2D eigenvalue weighted by Crippen LogP contribution is 2.22. The summed E-state index contributed by atoms with van der Waals surface area (Å²) in [7, 11) is 0. The Morgan fingerprint density at radius 3 is 2.80 bits per heavy atom. The first-order chi connectivity index (χ1) is 12.0. The fourth-order valence-corrected chi connectivity index (χ4v) is 2.59. The molecule has 1 aliphatic rings. The van der Waals surface area contributed by atoms with Crippen LogP contribution in [0.5, 0.6) is 0 Å². The van der Waals surface area contributed by atoms with Gasteiger partial charge in [-0.1, -0.05) is 0 Å². The predicted molar refractivity (Wildman–Crippen MR) is 84.7 cm³/mol. The molecule has 25 heavy (non-hydrogen) atoms. The van der Waals surface area contributed by atoms with Gasteiger partial charge in [0.15, 0.2) is 5.76 Å². The lowest BCUT2D eigenvalue weighted by atomic mass is 9.99. The van der Waals surface area contributed by atoms with Crippen molar-refractivity contribution in [1.29, 1.82) is 0 Å². The Bertz CT molecular complexity index is 805. The summed E-state index contributed by atoms with van der Waals surface area (Å²) in [6.07, 6.45) is 3.54. The SMILES string of the molecule is Cc1nccn1CCNC(=O)C1CN(C(=O)c2ccc([N+](=O)[O-])o2)C1. The van der Waals surface area contributed by atoms with Crippen molar-refractivity contribution in [3.8, 4) is 0 Å². The molecule has 2 aromatic rings. The average Bonchev–Trinajstić information content (AvgIpc) is 3.15. The highest BCUT2D eigenvalue weighted by atomic mass is 16.6. The van der Waals surface area contributed by atoms with E-state index in [9.17, 15) is 19.7 Å². The van der Waals surface area contributed by atoms with Crippen LogP contribution in [-0.2, 0) is 11.3 Å². The second-order valence-corrected chi connectivity index (χ2v) is 5.76. The van der Waals surface area contributed by atoms with E-state index < -0.39 is 16.7 Å². The molecular weight excluding hydrogens is 330 g/mol. The molecule has 0 atom stereocenters. The number of nitrogens with one attached hydrogen (secondary N) is 1. The van der Waals surface area contributed by atoms with E-state index in [1.165, 1.54) is 11.0 Å². The average molecular weight is 347 g/mol. The van der Waals surface area contributed by atoms with Gasteiger partial charge in [-0.3, -0.25) is 19.7 Å². The minimum absolute atomic E-state index is 0.0962. The van der Waals surface area contributed by atoms with Crippen LogP contribution in [-0.4, -0.2) is 50.8 Å². The summed E-state index contributed by atoms with van der Waals surface area (Å²) >= 11 is 0. The maximum Gasteiger partial charge on any atom is 0.433 e. The van der Waals surface area contributed by atoms with E-state index in [4.69, 9.17) is 4.42 Å². The summed E-state index contributed by atoms with van der Waals surface area (Å²) in [5, 5.41) is 13.4. The van der Waals surface area contributed by atoms with Crippen LogP contribution >= 0.6 is 0 Å². The molecule has 132 valence electrons. The van der Waals surface area contributed by atoms with Crippen molar-refractivity contribution in [1.82, 2.24) is 19.8 Å². The van der Waals surface area contributed by atoms with Crippen LogP contribution in [0.3, 0.4) is 0 Å². The Balaban J connectivity index is 1.43. The van der Waals surface area contributed by atoms with Gasteiger partial charge in [0.2, 0.25) is 5.91 Å². The van der Waals surface area contributed by atoms with Crippen molar-refractivity contribution >= 4 is 17.7 Å². The molecule has 0 aliphatic carbocycles. The molecule has 1 fully saturated rings. The van der Waals surface area contributed by atoms with Gasteiger partial charge in [-0.05, 0) is 13.0 Å².